The number of halogens is 2. The van der Waals surface area contributed by atoms with Gasteiger partial charge in [0, 0.05) is 0 Å². The van der Waals surface area contributed by atoms with Gasteiger partial charge in [0.25, 0.3) is 5.91 Å². The number of nitrogens with zero attached hydrogens (tertiary/aromatic N) is 1. The number of para-hydroxylation sites is 1. The number of benzene rings is 2. The van der Waals surface area contributed by atoms with Crippen LogP contribution in [-0.4, -0.2) is 11.1 Å². The van der Waals surface area contributed by atoms with Crippen LogP contribution in [0.5, 0.6) is 5.75 Å². The molecule has 3 rings (SSSR count). The van der Waals surface area contributed by atoms with Crippen molar-refractivity contribution in [2.24, 2.45) is 0 Å². The topological polar surface area (TPSA) is 64.4 Å². The van der Waals surface area contributed by atoms with Crippen molar-refractivity contribution in [3.8, 4) is 5.75 Å². The summed E-state index contributed by atoms with van der Waals surface area (Å²) < 4.78 is 10.8. The fraction of sp³-hybridized carbons (Fsp3) is 0.111. The number of amides is 1. The molecule has 0 bridgehead atoms. The number of anilines is 1. The molecule has 128 valence electrons. The minimum absolute atomic E-state index is 0.143. The van der Waals surface area contributed by atoms with E-state index in [2.05, 4.69) is 10.5 Å². The summed E-state index contributed by atoms with van der Waals surface area (Å²) in [5.41, 5.74) is 1.11. The van der Waals surface area contributed by atoms with E-state index >= 15 is 0 Å². The number of aryl methyl sites for hydroxylation is 1. The second kappa shape index (κ2) is 7.59. The highest BCUT2D eigenvalue weighted by Gasteiger charge is 2.21. The number of carbonyl (C=O) groups is 1. The van der Waals surface area contributed by atoms with Crippen molar-refractivity contribution in [1.82, 2.24) is 5.16 Å². The molecule has 0 unspecified atom stereocenters. The summed E-state index contributed by atoms with van der Waals surface area (Å²) in [7, 11) is 0. The lowest BCUT2D eigenvalue weighted by Crippen LogP contribution is -2.15. The predicted molar refractivity (Wildman–Crippen MR) is 96.4 cm³/mol. The van der Waals surface area contributed by atoms with E-state index in [0.717, 1.165) is 0 Å². The number of hydrogen-bond donors (Lipinski definition) is 1. The summed E-state index contributed by atoms with van der Waals surface area (Å²) in [4.78, 5) is 12.5. The van der Waals surface area contributed by atoms with Crippen LogP contribution >= 0.6 is 23.2 Å². The van der Waals surface area contributed by atoms with Gasteiger partial charge < -0.3 is 14.6 Å². The Labute approximate surface area is 154 Å². The quantitative estimate of drug-likeness (QED) is 0.670. The highest BCUT2D eigenvalue weighted by Crippen LogP contribution is 2.30. The van der Waals surface area contributed by atoms with E-state index in [9.17, 15) is 4.79 Å². The van der Waals surface area contributed by atoms with Gasteiger partial charge >= 0.3 is 0 Å². The lowest BCUT2D eigenvalue weighted by Gasteiger charge is -2.09. The van der Waals surface area contributed by atoms with Crippen LogP contribution in [0.1, 0.15) is 21.8 Å². The van der Waals surface area contributed by atoms with Crippen molar-refractivity contribution in [3.05, 3.63) is 75.6 Å². The molecule has 0 spiro atoms. The second-order valence-electron chi connectivity index (χ2n) is 5.22. The number of nitrogens with one attached hydrogen (secondary N) is 1. The molecule has 0 atom stereocenters. The molecule has 0 saturated heterocycles. The number of carbonyl (C=O) groups excluding carboxylic acids is 1. The van der Waals surface area contributed by atoms with Gasteiger partial charge in [0.05, 0.1) is 21.3 Å². The van der Waals surface area contributed by atoms with Crippen LogP contribution in [0, 0.1) is 6.92 Å². The Kier molecular flexibility index (Phi) is 5.26. The van der Waals surface area contributed by atoms with E-state index in [4.69, 9.17) is 32.5 Å². The standard InChI is InChI=1S/C18H14Cl2N2O3/c1-11-13(10-24-12-6-3-2-4-7-12)17(22-25-11)18(23)21-15-9-5-8-14(19)16(15)20/h2-9H,10H2,1H3,(H,21,23). The molecule has 5 nitrogen and oxygen atoms in total. The van der Waals surface area contributed by atoms with E-state index in [1.165, 1.54) is 0 Å². The molecule has 1 aromatic heterocycles. The average Bonchev–Trinajstić information content (AvgIpc) is 2.99. The maximum atomic E-state index is 12.5. The third kappa shape index (κ3) is 3.95. The summed E-state index contributed by atoms with van der Waals surface area (Å²) >= 11 is 12.1. The van der Waals surface area contributed by atoms with Crippen LogP contribution in [0.4, 0.5) is 5.69 Å². The Balaban J connectivity index is 1.78. The van der Waals surface area contributed by atoms with Crippen molar-refractivity contribution < 1.29 is 14.1 Å². The normalized spacial score (nSPS) is 10.5. The van der Waals surface area contributed by atoms with Crippen LogP contribution in [0.25, 0.3) is 0 Å². The largest absolute Gasteiger partial charge is 0.489 e. The summed E-state index contributed by atoms with van der Waals surface area (Å²) in [5, 5.41) is 7.13. The van der Waals surface area contributed by atoms with Gasteiger partial charge in [0.15, 0.2) is 5.69 Å². The Morgan fingerprint density at radius 1 is 1.16 bits per heavy atom. The number of aromatic nitrogens is 1. The van der Waals surface area contributed by atoms with Gasteiger partial charge in [-0.3, -0.25) is 4.79 Å². The van der Waals surface area contributed by atoms with Gasteiger partial charge in [0.1, 0.15) is 18.1 Å². The predicted octanol–water partition coefficient (Wildman–Crippen LogP) is 5.12. The first-order valence-corrected chi connectivity index (χ1v) is 8.20. The van der Waals surface area contributed by atoms with Gasteiger partial charge in [-0.1, -0.05) is 52.6 Å². The van der Waals surface area contributed by atoms with Crippen LogP contribution < -0.4 is 10.1 Å². The number of rotatable bonds is 5. The third-order valence-corrected chi connectivity index (χ3v) is 4.34. The maximum absolute atomic E-state index is 12.5. The van der Waals surface area contributed by atoms with Crippen LogP contribution in [0.2, 0.25) is 10.0 Å². The Morgan fingerprint density at radius 2 is 1.92 bits per heavy atom. The van der Waals surface area contributed by atoms with E-state index in [-0.39, 0.29) is 17.3 Å². The summed E-state index contributed by atoms with van der Waals surface area (Å²) in [5.74, 6) is 0.748. The van der Waals surface area contributed by atoms with Crippen LogP contribution in [0.3, 0.4) is 0 Å². The summed E-state index contributed by atoms with van der Waals surface area (Å²) in [6.45, 7) is 1.88. The molecule has 3 aromatic rings. The smallest absolute Gasteiger partial charge is 0.278 e. The van der Waals surface area contributed by atoms with E-state index in [1.807, 2.05) is 30.3 Å². The van der Waals surface area contributed by atoms with Crippen molar-refractivity contribution in [2.45, 2.75) is 13.5 Å². The molecule has 0 aliphatic rings. The molecule has 0 saturated carbocycles. The van der Waals surface area contributed by atoms with Crippen molar-refractivity contribution >= 4 is 34.8 Å². The Hall–Kier alpha value is -2.50. The first-order chi connectivity index (χ1) is 12.1. The van der Waals surface area contributed by atoms with Crippen LogP contribution in [0.15, 0.2) is 53.1 Å². The SMILES string of the molecule is Cc1onc(C(=O)Nc2cccc(Cl)c2Cl)c1COc1ccccc1. The Bertz CT molecular complexity index is 895. The third-order valence-electron chi connectivity index (χ3n) is 3.53. The highest BCUT2D eigenvalue weighted by atomic mass is 35.5. The van der Waals surface area contributed by atoms with E-state index in [0.29, 0.717) is 27.8 Å². The van der Waals surface area contributed by atoms with Gasteiger partial charge in [0.2, 0.25) is 0 Å². The van der Waals surface area contributed by atoms with Gasteiger partial charge in [-0.2, -0.15) is 0 Å². The molecular formula is C18H14Cl2N2O3. The van der Waals surface area contributed by atoms with E-state index < -0.39 is 5.91 Å². The zero-order valence-electron chi connectivity index (χ0n) is 13.3. The summed E-state index contributed by atoms with van der Waals surface area (Å²) in [6, 6.07) is 14.3. The molecule has 1 amide bonds. The van der Waals surface area contributed by atoms with Crippen molar-refractivity contribution in [1.29, 1.82) is 0 Å². The lowest BCUT2D eigenvalue weighted by atomic mass is 10.2. The lowest BCUT2D eigenvalue weighted by molar-refractivity contribution is 0.101. The maximum Gasteiger partial charge on any atom is 0.278 e. The first kappa shape index (κ1) is 17.3. The fourth-order valence-electron chi connectivity index (χ4n) is 2.19. The minimum Gasteiger partial charge on any atom is -0.489 e. The molecule has 1 N–H and O–H groups in total. The molecule has 2 aromatic carbocycles. The monoisotopic (exact) mass is 376 g/mol. The molecular weight excluding hydrogens is 363 g/mol. The summed E-state index contributed by atoms with van der Waals surface area (Å²) in [6.07, 6.45) is 0. The zero-order chi connectivity index (χ0) is 17.8. The zero-order valence-corrected chi connectivity index (χ0v) is 14.8. The molecule has 0 aliphatic heterocycles. The van der Waals surface area contributed by atoms with Gasteiger partial charge in [-0.05, 0) is 31.2 Å². The molecule has 0 fully saturated rings. The van der Waals surface area contributed by atoms with Gasteiger partial charge in [-0.25, -0.2) is 0 Å². The van der Waals surface area contributed by atoms with Crippen LogP contribution in [-0.2, 0) is 6.61 Å². The van der Waals surface area contributed by atoms with Gasteiger partial charge in [-0.15, -0.1) is 0 Å². The molecule has 1 heterocycles. The second-order valence-corrected chi connectivity index (χ2v) is 6.01. The van der Waals surface area contributed by atoms with Crippen molar-refractivity contribution in [2.75, 3.05) is 5.32 Å². The minimum atomic E-state index is -0.451. The van der Waals surface area contributed by atoms with E-state index in [1.54, 1.807) is 25.1 Å². The Morgan fingerprint density at radius 3 is 2.68 bits per heavy atom. The highest BCUT2D eigenvalue weighted by molar-refractivity contribution is 6.44. The molecule has 0 aliphatic carbocycles. The number of hydrogen-bond acceptors (Lipinski definition) is 4. The number of ether oxygens (including phenoxy) is 1. The fourth-order valence-corrected chi connectivity index (χ4v) is 2.54. The average molecular weight is 377 g/mol. The van der Waals surface area contributed by atoms with Crippen molar-refractivity contribution in [3.63, 3.8) is 0 Å². The molecule has 7 heteroatoms. The molecule has 25 heavy (non-hydrogen) atoms. The molecule has 0 radical (unpaired) electrons. The first-order valence-electron chi connectivity index (χ1n) is 7.44.